The third-order valence-corrected chi connectivity index (χ3v) is 6.14. The smallest absolute Gasteiger partial charge is 0.410 e. The van der Waals surface area contributed by atoms with Gasteiger partial charge in [-0.2, -0.15) is 5.10 Å². The molecule has 0 N–H and O–H groups in total. The fourth-order valence-corrected chi connectivity index (χ4v) is 4.64. The van der Waals surface area contributed by atoms with Crippen LogP contribution in [0.15, 0.2) is 30.3 Å². The van der Waals surface area contributed by atoms with E-state index in [4.69, 9.17) is 4.74 Å². The van der Waals surface area contributed by atoms with Gasteiger partial charge in [-0.3, -0.25) is 4.79 Å². The van der Waals surface area contributed by atoms with Gasteiger partial charge in [0.25, 0.3) is 5.91 Å². The van der Waals surface area contributed by atoms with Crippen molar-refractivity contribution in [2.45, 2.75) is 33.3 Å². The van der Waals surface area contributed by atoms with Crippen molar-refractivity contribution in [3.05, 3.63) is 46.7 Å². The lowest BCUT2D eigenvalue weighted by Crippen LogP contribution is -2.51. The first-order valence-corrected chi connectivity index (χ1v) is 11.0. The molecule has 1 saturated heterocycles. The number of carbonyl (C=O) groups is 2. The number of aromatic nitrogens is 2. The molecule has 0 bridgehead atoms. The van der Waals surface area contributed by atoms with E-state index in [9.17, 15) is 14.0 Å². The minimum atomic E-state index is -0.544. The number of benzene rings is 1. The number of fused-ring (bicyclic) bond motifs is 1. The Bertz CT molecular complexity index is 1120. The number of amides is 2. The molecule has 0 unspecified atom stereocenters. The molecule has 0 spiro atoms. The van der Waals surface area contributed by atoms with Crippen LogP contribution in [0.3, 0.4) is 0 Å². The van der Waals surface area contributed by atoms with Crippen LogP contribution in [0.1, 0.15) is 36.1 Å². The molecule has 1 aliphatic rings. The first kappa shape index (κ1) is 21.3. The summed E-state index contributed by atoms with van der Waals surface area (Å²) in [6, 6.07) is 7.98. The van der Waals surface area contributed by atoms with Crippen molar-refractivity contribution in [2.75, 3.05) is 26.2 Å². The molecule has 0 saturated carbocycles. The van der Waals surface area contributed by atoms with E-state index in [1.165, 1.54) is 23.5 Å². The Kier molecular flexibility index (Phi) is 5.47. The van der Waals surface area contributed by atoms with Crippen molar-refractivity contribution in [1.29, 1.82) is 0 Å². The number of halogens is 1. The van der Waals surface area contributed by atoms with Gasteiger partial charge < -0.3 is 14.5 Å². The van der Waals surface area contributed by atoms with Crippen molar-refractivity contribution < 1.29 is 18.7 Å². The summed E-state index contributed by atoms with van der Waals surface area (Å²) in [4.78, 5) is 30.2. The van der Waals surface area contributed by atoms with Crippen LogP contribution < -0.4 is 0 Å². The van der Waals surface area contributed by atoms with Crippen molar-refractivity contribution >= 4 is 33.6 Å². The van der Waals surface area contributed by atoms with Crippen LogP contribution in [0.2, 0.25) is 0 Å². The van der Waals surface area contributed by atoms with Gasteiger partial charge in [-0.25, -0.2) is 13.9 Å². The fourth-order valence-electron chi connectivity index (χ4n) is 3.48. The Morgan fingerprint density at radius 1 is 1.06 bits per heavy atom. The largest absolute Gasteiger partial charge is 0.444 e. The molecule has 0 radical (unpaired) electrons. The minimum absolute atomic E-state index is 0.0601. The zero-order chi connectivity index (χ0) is 22.3. The maximum absolute atomic E-state index is 13.3. The predicted octanol–water partition coefficient (Wildman–Crippen LogP) is 4.23. The van der Waals surface area contributed by atoms with Crippen LogP contribution in [-0.4, -0.2) is 63.4 Å². The average Bonchev–Trinajstić information content (AvgIpc) is 3.28. The van der Waals surface area contributed by atoms with Gasteiger partial charge >= 0.3 is 6.09 Å². The van der Waals surface area contributed by atoms with Gasteiger partial charge in [0, 0.05) is 31.6 Å². The van der Waals surface area contributed by atoms with E-state index in [1.807, 2.05) is 33.8 Å². The summed E-state index contributed by atoms with van der Waals surface area (Å²) in [6.45, 7) is 9.18. The highest BCUT2D eigenvalue weighted by atomic mass is 32.1. The molecular weight excluding hydrogens is 419 g/mol. The second-order valence-corrected chi connectivity index (χ2v) is 9.59. The lowest BCUT2D eigenvalue weighted by atomic mass is 10.2. The molecular formula is C22H25FN4O3S. The number of nitrogens with zero attached hydrogens (tertiary/aromatic N) is 4. The summed E-state index contributed by atoms with van der Waals surface area (Å²) in [5.74, 6) is -0.369. The first-order valence-electron chi connectivity index (χ1n) is 10.1. The van der Waals surface area contributed by atoms with Gasteiger partial charge in [-0.15, -0.1) is 11.3 Å². The molecule has 1 aromatic carbocycles. The second-order valence-electron chi connectivity index (χ2n) is 8.56. The van der Waals surface area contributed by atoms with Crippen molar-refractivity contribution in [3.8, 4) is 5.69 Å². The molecule has 4 rings (SSSR count). The number of carbonyl (C=O) groups excluding carboxylic acids is 2. The highest BCUT2D eigenvalue weighted by molar-refractivity contribution is 7.20. The maximum Gasteiger partial charge on any atom is 0.410 e. The highest BCUT2D eigenvalue weighted by Gasteiger charge is 2.29. The molecule has 3 heterocycles. The van der Waals surface area contributed by atoms with Crippen molar-refractivity contribution in [3.63, 3.8) is 0 Å². The molecule has 2 aromatic heterocycles. The molecule has 3 aromatic rings. The van der Waals surface area contributed by atoms with Gasteiger partial charge in [0.15, 0.2) is 0 Å². The molecule has 2 amide bonds. The lowest BCUT2D eigenvalue weighted by molar-refractivity contribution is 0.0141. The zero-order valence-corrected chi connectivity index (χ0v) is 18.8. The third-order valence-electron chi connectivity index (χ3n) is 5.05. The van der Waals surface area contributed by atoms with Crippen molar-refractivity contribution in [2.24, 2.45) is 0 Å². The molecule has 1 fully saturated rings. The zero-order valence-electron chi connectivity index (χ0n) is 18.0. The number of rotatable bonds is 2. The van der Waals surface area contributed by atoms with Crippen LogP contribution in [0.25, 0.3) is 15.9 Å². The highest BCUT2D eigenvalue weighted by Crippen LogP contribution is 2.31. The van der Waals surface area contributed by atoms with Gasteiger partial charge in [-0.1, -0.05) is 0 Å². The number of ether oxygens (including phenoxy) is 1. The second kappa shape index (κ2) is 7.96. The van der Waals surface area contributed by atoms with E-state index >= 15 is 0 Å². The number of thiophene rings is 1. The molecule has 9 heteroatoms. The molecule has 164 valence electrons. The van der Waals surface area contributed by atoms with Gasteiger partial charge in [-0.05, 0) is 58.0 Å². The topological polar surface area (TPSA) is 67.7 Å². The van der Waals surface area contributed by atoms with Crippen LogP contribution in [0, 0.1) is 12.7 Å². The van der Waals surface area contributed by atoms with Crippen LogP contribution in [0.4, 0.5) is 9.18 Å². The van der Waals surface area contributed by atoms with Gasteiger partial charge in [0.2, 0.25) is 0 Å². The van der Waals surface area contributed by atoms with Gasteiger partial charge in [0.05, 0.1) is 16.3 Å². The standard InChI is InChI=1S/C22H25FN4O3S/c1-14-17-13-18(31-20(17)27(24-14)16-7-5-15(23)6-8-16)19(28)25-9-11-26(12-10-25)21(29)30-22(2,3)4/h5-8,13H,9-12H2,1-4H3. The predicted molar refractivity (Wildman–Crippen MR) is 117 cm³/mol. The number of hydrogen-bond donors (Lipinski definition) is 0. The summed E-state index contributed by atoms with van der Waals surface area (Å²) < 4.78 is 20.4. The summed E-state index contributed by atoms with van der Waals surface area (Å²) in [5, 5.41) is 5.45. The molecule has 0 aliphatic carbocycles. The van der Waals surface area contributed by atoms with Crippen molar-refractivity contribution in [1.82, 2.24) is 19.6 Å². The van der Waals surface area contributed by atoms with E-state index < -0.39 is 5.60 Å². The van der Waals surface area contributed by atoms with Gasteiger partial charge in [0.1, 0.15) is 16.2 Å². The number of piperazine rings is 1. The van der Waals surface area contributed by atoms with Crippen LogP contribution in [0.5, 0.6) is 0 Å². The third kappa shape index (κ3) is 4.41. The molecule has 7 nitrogen and oxygen atoms in total. The summed E-state index contributed by atoms with van der Waals surface area (Å²) in [5.41, 5.74) is 1.01. The monoisotopic (exact) mass is 444 g/mol. The fraction of sp³-hybridized carbons (Fsp3) is 0.409. The van der Waals surface area contributed by atoms with E-state index in [1.54, 1.807) is 26.6 Å². The Labute approximate surface area is 184 Å². The maximum atomic E-state index is 13.3. The Balaban J connectivity index is 1.50. The molecule has 31 heavy (non-hydrogen) atoms. The summed E-state index contributed by atoms with van der Waals surface area (Å²) in [6.07, 6.45) is -0.350. The minimum Gasteiger partial charge on any atom is -0.444 e. The van der Waals surface area contributed by atoms with E-state index in [-0.39, 0.29) is 17.8 Å². The van der Waals surface area contributed by atoms with E-state index in [2.05, 4.69) is 5.10 Å². The number of aryl methyl sites for hydroxylation is 1. The summed E-state index contributed by atoms with van der Waals surface area (Å²) >= 11 is 1.37. The van der Waals surface area contributed by atoms with Crippen LogP contribution in [-0.2, 0) is 4.74 Å². The normalized spacial score (nSPS) is 14.9. The molecule has 1 aliphatic heterocycles. The number of hydrogen-bond acceptors (Lipinski definition) is 5. The Morgan fingerprint density at radius 3 is 2.29 bits per heavy atom. The quantitative estimate of drug-likeness (QED) is 0.593. The lowest BCUT2D eigenvalue weighted by Gasteiger charge is -2.35. The summed E-state index contributed by atoms with van der Waals surface area (Å²) in [7, 11) is 0. The van der Waals surface area contributed by atoms with E-state index in [0.29, 0.717) is 31.1 Å². The SMILES string of the molecule is Cc1nn(-c2ccc(F)cc2)c2sc(C(=O)N3CCN(C(=O)OC(C)(C)C)CC3)cc12. The molecule has 0 atom stereocenters. The van der Waals surface area contributed by atoms with E-state index in [0.717, 1.165) is 21.6 Å². The Hall–Kier alpha value is -2.94. The Morgan fingerprint density at radius 2 is 1.68 bits per heavy atom. The van der Waals surface area contributed by atoms with Crippen LogP contribution >= 0.6 is 11.3 Å². The first-order chi connectivity index (χ1) is 14.6. The average molecular weight is 445 g/mol.